The Hall–Kier alpha value is -2.33. The third-order valence-electron chi connectivity index (χ3n) is 3.91. The highest BCUT2D eigenvalue weighted by Crippen LogP contribution is 2.29. The molecule has 3 aromatic rings. The van der Waals surface area contributed by atoms with Crippen LogP contribution in [-0.2, 0) is 0 Å². The Balaban J connectivity index is 2.21. The van der Waals surface area contributed by atoms with E-state index in [2.05, 4.69) is 26.6 Å². The van der Waals surface area contributed by atoms with Gasteiger partial charge in [-0.25, -0.2) is 4.79 Å². The Bertz CT molecular complexity index is 879. The molecular weight excluding hydrogens is 354 g/mol. The summed E-state index contributed by atoms with van der Waals surface area (Å²) in [6, 6.07) is 17.4. The highest BCUT2D eigenvalue weighted by molar-refractivity contribution is 9.10. The van der Waals surface area contributed by atoms with Gasteiger partial charge in [0.25, 0.3) is 0 Å². The number of hydrogen-bond acceptors (Lipinski definition) is 1. The number of carboxylic acid groups (broad SMARTS) is 1. The van der Waals surface area contributed by atoms with Crippen molar-refractivity contribution >= 4 is 21.9 Å². The molecule has 3 rings (SSSR count). The van der Waals surface area contributed by atoms with E-state index in [1.807, 2.05) is 50.2 Å². The molecule has 0 aliphatic rings. The Labute approximate surface area is 143 Å². The van der Waals surface area contributed by atoms with Crippen molar-refractivity contribution in [3.05, 3.63) is 75.9 Å². The third-order valence-corrected chi connectivity index (χ3v) is 4.44. The summed E-state index contributed by atoms with van der Waals surface area (Å²) in [5, 5.41) is 9.27. The van der Waals surface area contributed by atoms with Crippen LogP contribution in [0.1, 0.15) is 21.6 Å². The van der Waals surface area contributed by atoms with Crippen molar-refractivity contribution < 1.29 is 9.90 Å². The number of carbonyl (C=O) groups is 1. The fourth-order valence-electron chi connectivity index (χ4n) is 2.69. The molecule has 3 nitrogen and oxygen atoms in total. The Morgan fingerprint density at radius 1 is 1.00 bits per heavy atom. The van der Waals surface area contributed by atoms with Crippen molar-refractivity contribution in [1.29, 1.82) is 0 Å². The van der Waals surface area contributed by atoms with Crippen molar-refractivity contribution in [2.75, 3.05) is 0 Å². The van der Waals surface area contributed by atoms with Crippen LogP contribution in [0.25, 0.3) is 16.9 Å². The van der Waals surface area contributed by atoms with Crippen molar-refractivity contribution in [2.45, 2.75) is 13.8 Å². The monoisotopic (exact) mass is 369 g/mol. The molecule has 1 aromatic heterocycles. The van der Waals surface area contributed by atoms with Gasteiger partial charge < -0.3 is 9.67 Å². The molecule has 0 spiro atoms. The Kier molecular flexibility index (Phi) is 4.09. The first-order valence-corrected chi connectivity index (χ1v) is 8.05. The van der Waals surface area contributed by atoms with Crippen LogP contribution < -0.4 is 0 Å². The number of benzene rings is 2. The summed E-state index contributed by atoms with van der Waals surface area (Å²) >= 11 is 3.45. The molecule has 0 radical (unpaired) electrons. The smallest absolute Gasteiger partial charge is 0.335 e. The van der Waals surface area contributed by atoms with Crippen molar-refractivity contribution in [3.63, 3.8) is 0 Å². The fraction of sp³-hybridized carbons (Fsp3) is 0.105. The molecule has 0 bridgehead atoms. The largest absolute Gasteiger partial charge is 0.478 e. The highest BCUT2D eigenvalue weighted by Gasteiger charge is 2.13. The summed E-state index contributed by atoms with van der Waals surface area (Å²) in [5.74, 6) is -0.916. The van der Waals surface area contributed by atoms with E-state index in [0.29, 0.717) is 5.56 Å². The summed E-state index contributed by atoms with van der Waals surface area (Å²) in [7, 11) is 0. The molecule has 23 heavy (non-hydrogen) atoms. The molecule has 0 unspecified atom stereocenters. The lowest BCUT2D eigenvalue weighted by Gasteiger charge is -2.15. The van der Waals surface area contributed by atoms with E-state index < -0.39 is 5.97 Å². The van der Waals surface area contributed by atoms with E-state index in [1.54, 1.807) is 12.1 Å². The minimum Gasteiger partial charge on any atom is -0.478 e. The van der Waals surface area contributed by atoms with Crippen LogP contribution in [-0.4, -0.2) is 15.6 Å². The topological polar surface area (TPSA) is 42.2 Å². The van der Waals surface area contributed by atoms with Crippen molar-refractivity contribution in [3.8, 4) is 16.9 Å². The minimum atomic E-state index is -0.916. The second kappa shape index (κ2) is 6.05. The molecule has 116 valence electrons. The maximum atomic E-state index is 11.3. The average Bonchev–Trinajstić information content (AvgIpc) is 2.90. The van der Waals surface area contributed by atoms with Gasteiger partial charge in [-0.2, -0.15) is 0 Å². The van der Waals surface area contributed by atoms with Gasteiger partial charge in [0.2, 0.25) is 0 Å². The van der Waals surface area contributed by atoms with E-state index in [4.69, 9.17) is 0 Å². The highest BCUT2D eigenvalue weighted by atomic mass is 79.9. The van der Waals surface area contributed by atoms with Crippen LogP contribution in [0, 0.1) is 13.8 Å². The predicted octanol–water partition coefficient (Wildman–Crippen LogP) is 5.22. The standard InChI is InChI=1S/C19H16BrNO2/c1-12-3-5-15(19(22)23)11-18(12)21-13(2)4-10-17(21)14-6-8-16(20)9-7-14/h3-11H,1-2H3,(H,22,23). The third kappa shape index (κ3) is 2.94. The van der Waals surface area contributed by atoms with Gasteiger partial charge in [-0.1, -0.05) is 34.1 Å². The van der Waals surface area contributed by atoms with Crippen LogP contribution in [0.4, 0.5) is 0 Å². The van der Waals surface area contributed by atoms with E-state index in [0.717, 1.165) is 32.7 Å². The van der Waals surface area contributed by atoms with E-state index in [9.17, 15) is 9.90 Å². The number of halogens is 1. The van der Waals surface area contributed by atoms with Crippen LogP contribution >= 0.6 is 15.9 Å². The summed E-state index contributed by atoms with van der Waals surface area (Å²) in [5.41, 5.74) is 5.41. The lowest BCUT2D eigenvalue weighted by molar-refractivity contribution is 0.0697. The number of aryl methyl sites for hydroxylation is 2. The van der Waals surface area contributed by atoms with E-state index in [1.165, 1.54) is 0 Å². The molecule has 0 atom stereocenters. The molecule has 0 fully saturated rings. The number of aromatic carboxylic acids is 1. The number of rotatable bonds is 3. The van der Waals surface area contributed by atoms with Crippen LogP contribution in [0.2, 0.25) is 0 Å². The van der Waals surface area contributed by atoms with Crippen molar-refractivity contribution in [2.24, 2.45) is 0 Å². The first-order chi connectivity index (χ1) is 11.0. The van der Waals surface area contributed by atoms with Gasteiger partial charge in [0, 0.05) is 15.9 Å². The van der Waals surface area contributed by atoms with Gasteiger partial charge in [-0.05, 0) is 61.4 Å². The van der Waals surface area contributed by atoms with Gasteiger partial charge in [-0.3, -0.25) is 0 Å². The maximum absolute atomic E-state index is 11.3. The second-order valence-corrected chi connectivity index (χ2v) is 6.42. The van der Waals surface area contributed by atoms with Gasteiger partial charge in [0.05, 0.1) is 11.3 Å². The van der Waals surface area contributed by atoms with Crippen LogP contribution in [0.5, 0.6) is 0 Å². The molecule has 1 heterocycles. The number of nitrogens with zero attached hydrogens (tertiary/aromatic N) is 1. The maximum Gasteiger partial charge on any atom is 0.335 e. The van der Waals surface area contributed by atoms with Crippen molar-refractivity contribution in [1.82, 2.24) is 4.57 Å². The lowest BCUT2D eigenvalue weighted by Crippen LogP contribution is -2.04. The van der Waals surface area contributed by atoms with E-state index >= 15 is 0 Å². The zero-order chi connectivity index (χ0) is 16.6. The molecule has 1 N–H and O–H groups in total. The van der Waals surface area contributed by atoms with Gasteiger partial charge in [-0.15, -0.1) is 0 Å². The molecule has 4 heteroatoms. The van der Waals surface area contributed by atoms with Gasteiger partial charge >= 0.3 is 5.97 Å². The molecule has 0 saturated carbocycles. The normalized spacial score (nSPS) is 10.7. The van der Waals surface area contributed by atoms with Gasteiger partial charge in [0.15, 0.2) is 0 Å². The molecule has 0 saturated heterocycles. The SMILES string of the molecule is Cc1ccc(C(=O)O)cc1-n1c(C)ccc1-c1ccc(Br)cc1. The quantitative estimate of drug-likeness (QED) is 0.687. The summed E-state index contributed by atoms with van der Waals surface area (Å²) in [6.45, 7) is 4.01. The summed E-state index contributed by atoms with van der Waals surface area (Å²) < 4.78 is 3.13. The number of hydrogen-bond donors (Lipinski definition) is 1. The number of carboxylic acids is 1. The summed E-state index contributed by atoms with van der Waals surface area (Å²) in [4.78, 5) is 11.3. The first-order valence-electron chi connectivity index (χ1n) is 7.26. The predicted molar refractivity (Wildman–Crippen MR) is 95.3 cm³/mol. The first kappa shape index (κ1) is 15.6. The molecule has 0 aliphatic carbocycles. The minimum absolute atomic E-state index is 0.292. The van der Waals surface area contributed by atoms with Gasteiger partial charge in [0.1, 0.15) is 0 Å². The Morgan fingerprint density at radius 2 is 1.70 bits per heavy atom. The molecular formula is C19H16BrNO2. The Morgan fingerprint density at radius 3 is 2.35 bits per heavy atom. The van der Waals surface area contributed by atoms with Crippen LogP contribution in [0.3, 0.4) is 0 Å². The number of aromatic nitrogens is 1. The molecule has 2 aromatic carbocycles. The molecule has 0 amide bonds. The lowest BCUT2D eigenvalue weighted by atomic mass is 10.1. The average molecular weight is 370 g/mol. The summed E-state index contributed by atoms with van der Waals surface area (Å²) in [6.07, 6.45) is 0. The second-order valence-electron chi connectivity index (χ2n) is 5.51. The van der Waals surface area contributed by atoms with E-state index in [-0.39, 0.29) is 0 Å². The molecule has 0 aliphatic heterocycles. The zero-order valence-electron chi connectivity index (χ0n) is 12.9. The van der Waals surface area contributed by atoms with Crippen LogP contribution in [0.15, 0.2) is 59.1 Å². The fourth-order valence-corrected chi connectivity index (χ4v) is 2.95. The zero-order valence-corrected chi connectivity index (χ0v) is 14.5.